The molecule has 6 nitrogen and oxygen atoms in total. The van der Waals surface area contributed by atoms with Crippen LogP contribution in [0.1, 0.15) is 46.3 Å². The third-order valence-corrected chi connectivity index (χ3v) is 6.77. The van der Waals surface area contributed by atoms with E-state index in [1.54, 1.807) is 6.20 Å². The predicted molar refractivity (Wildman–Crippen MR) is 125 cm³/mol. The Morgan fingerprint density at radius 2 is 1.84 bits per heavy atom. The minimum absolute atomic E-state index is 0.0549. The second-order valence-electron chi connectivity index (χ2n) is 9.25. The topological polar surface area (TPSA) is 71.0 Å². The summed E-state index contributed by atoms with van der Waals surface area (Å²) < 4.78 is 0. The highest BCUT2D eigenvalue weighted by molar-refractivity contribution is 6.00. The molecule has 3 aromatic heterocycles. The summed E-state index contributed by atoms with van der Waals surface area (Å²) in [6.45, 7) is 6.83. The lowest BCUT2D eigenvalue weighted by Crippen LogP contribution is -2.59. The number of carbonyl (C=O) groups is 1. The van der Waals surface area contributed by atoms with Crippen molar-refractivity contribution in [1.29, 1.82) is 0 Å². The van der Waals surface area contributed by atoms with Gasteiger partial charge in [-0.25, -0.2) is 4.98 Å². The van der Waals surface area contributed by atoms with Crippen LogP contribution in [0.4, 0.5) is 5.82 Å². The van der Waals surface area contributed by atoms with Crippen LogP contribution in [0.5, 0.6) is 0 Å². The predicted octanol–water partition coefficient (Wildman–Crippen LogP) is 4.57. The van der Waals surface area contributed by atoms with Crippen molar-refractivity contribution in [2.75, 3.05) is 11.9 Å². The number of piperidine rings is 2. The number of nitrogens with zero attached hydrogens (tertiary/aromatic N) is 4. The minimum Gasteiger partial charge on any atom is -0.365 e. The Kier molecular flexibility index (Phi) is 5.37. The summed E-state index contributed by atoms with van der Waals surface area (Å²) >= 11 is 0. The molecule has 3 unspecified atom stereocenters. The van der Waals surface area contributed by atoms with E-state index in [4.69, 9.17) is 0 Å². The molecule has 1 aliphatic carbocycles. The van der Waals surface area contributed by atoms with Gasteiger partial charge in [0.05, 0.1) is 17.3 Å². The zero-order valence-corrected chi connectivity index (χ0v) is 18.9. The molecule has 0 aromatic carbocycles. The minimum atomic E-state index is 0.0549. The van der Waals surface area contributed by atoms with Gasteiger partial charge in [0.2, 0.25) is 0 Å². The summed E-state index contributed by atoms with van der Waals surface area (Å²) in [4.78, 5) is 29.7. The zero-order chi connectivity index (χ0) is 22.2. The van der Waals surface area contributed by atoms with E-state index in [2.05, 4.69) is 31.2 Å². The van der Waals surface area contributed by atoms with Crippen molar-refractivity contribution in [3.63, 3.8) is 0 Å². The standard InChI is InChI=1S/C26H29N5O/c1-16-6-9-23(28-13-16)30-21-12-19-7-8-22(21)31(15-19)26(32)20-11-17(2)14-29-25(20)24-18(3)5-4-10-27-24/h4-6,9-11,13-14,19,21-22H,7-8,12,15H2,1-3H3,(H,28,30). The van der Waals surface area contributed by atoms with Gasteiger partial charge in [-0.15, -0.1) is 0 Å². The Hall–Kier alpha value is -3.28. The van der Waals surface area contributed by atoms with E-state index in [0.717, 1.165) is 47.6 Å². The Labute approximate surface area is 189 Å². The van der Waals surface area contributed by atoms with Gasteiger partial charge in [-0.1, -0.05) is 12.1 Å². The van der Waals surface area contributed by atoms with Gasteiger partial charge in [-0.3, -0.25) is 14.8 Å². The maximum Gasteiger partial charge on any atom is 0.256 e. The molecule has 1 saturated carbocycles. The highest BCUT2D eigenvalue weighted by atomic mass is 16.2. The maximum absolute atomic E-state index is 13.9. The largest absolute Gasteiger partial charge is 0.365 e. The van der Waals surface area contributed by atoms with Crippen LogP contribution >= 0.6 is 0 Å². The van der Waals surface area contributed by atoms with E-state index in [-0.39, 0.29) is 18.0 Å². The molecule has 0 spiro atoms. The molecule has 2 aliphatic heterocycles. The first-order valence-corrected chi connectivity index (χ1v) is 11.4. The number of aromatic nitrogens is 3. The molecule has 6 rings (SSSR count). The molecule has 0 radical (unpaired) electrons. The van der Waals surface area contributed by atoms with Crippen molar-refractivity contribution in [3.8, 4) is 11.4 Å². The zero-order valence-electron chi connectivity index (χ0n) is 18.9. The molecule has 32 heavy (non-hydrogen) atoms. The molecule has 3 aromatic rings. The fraction of sp³-hybridized carbons (Fsp3) is 0.385. The number of fused-ring (bicyclic) bond motifs is 3. The van der Waals surface area contributed by atoms with Crippen molar-refractivity contribution in [1.82, 2.24) is 19.9 Å². The number of amides is 1. The average Bonchev–Trinajstić information content (AvgIpc) is 2.81. The number of carbonyl (C=O) groups excluding carboxylic acids is 1. The van der Waals surface area contributed by atoms with Crippen molar-refractivity contribution in [2.45, 2.75) is 52.1 Å². The van der Waals surface area contributed by atoms with Crippen LogP contribution in [-0.4, -0.2) is 44.4 Å². The third-order valence-electron chi connectivity index (χ3n) is 6.77. The Morgan fingerprint density at radius 1 is 1.00 bits per heavy atom. The van der Waals surface area contributed by atoms with E-state index in [1.165, 1.54) is 6.42 Å². The fourth-order valence-electron chi connectivity index (χ4n) is 5.14. The van der Waals surface area contributed by atoms with Crippen molar-refractivity contribution in [2.24, 2.45) is 5.92 Å². The van der Waals surface area contributed by atoms with Crippen LogP contribution in [0, 0.1) is 26.7 Å². The van der Waals surface area contributed by atoms with Gasteiger partial charge in [0.1, 0.15) is 11.5 Å². The van der Waals surface area contributed by atoms with Crippen LogP contribution in [0.15, 0.2) is 48.9 Å². The number of hydrogen-bond donors (Lipinski definition) is 1. The number of hydrogen-bond acceptors (Lipinski definition) is 5. The molecule has 6 heteroatoms. The Bertz CT molecular complexity index is 1140. The molecule has 2 bridgehead atoms. The van der Waals surface area contributed by atoms with Gasteiger partial charge in [-0.05, 0) is 80.8 Å². The lowest BCUT2D eigenvalue weighted by atomic mass is 9.76. The summed E-state index contributed by atoms with van der Waals surface area (Å²) in [5.41, 5.74) is 5.23. The van der Waals surface area contributed by atoms with Crippen LogP contribution in [0.2, 0.25) is 0 Å². The molecule has 2 saturated heterocycles. The van der Waals surface area contributed by atoms with Gasteiger partial charge < -0.3 is 10.2 Å². The van der Waals surface area contributed by atoms with E-state index < -0.39 is 0 Å². The van der Waals surface area contributed by atoms with Crippen LogP contribution in [0.3, 0.4) is 0 Å². The molecule has 3 aliphatic rings. The highest BCUT2D eigenvalue weighted by Gasteiger charge is 2.43. The SMILES string of the molecule is Cc1ccc(NC2CC3CCC2N(C(=O)c2cc(C)cnc2-c2ncccc2C)C3)nc1. The first-order valence-electron chi connectivity index (χ1n) is 11.4. The molecule has 1 N–H and O–H groups in total. The second kappa shape index (κ2) is 8.34. The number of nitrogens with one attached hydrogen (secondary N) is 1. The highest BCUT2D eigenvalue weighted by Crippen LogP contribution is 2.38. The smallest absolute Gasteiger partial charge is 0.256 e. The molecular weight excluding hydrogens is 398 g/mol. The van der Waals surface area contributed by atoms with E-state index in [1.807, 2.05) is 57.4 Å². The number of pyridine rings is 3. The monoisotopic (exact) mass is 427 g/mol. The van der Waals surface area contributed by atoms with E-state index in [0.29, 0.717) is 17.2 Å². The molecule has 5 heterocycles. The number of aryl methyl sites for hydroxylation is 3. The second-order valence-corrected chi connectivity index (χ2v) is 9.25. The van der Waals surface area contributed by atoms with Crippen molar-refractivity contribution in [3.05, 3.63) is 71.2 Å². The summed E-state index contributed by atoms with van der Waals surface area (Å²) in [5, 5.41) is 3.61. The molecule has 164 valence electrons. The molecule has 1 amide bonds. The van der Waals surface area contributed by atoms with Crippen LogP contribution < -0.4 is 5.32 Å². The Balaban J connectivity index is 1.46. The first kappa shape index (κ1) is 20.6. The first-order chi connectivity index (χ1) is 15.5. The average molecular weight is 428 g/mol. The number of anilines is 1. The number of rotatable bonds is 4. The summed E-state index contributed by atoms with van der Waals surface area (Å²) in [6.07, 6.45) is 8.71. The summed E-state index contributed by atoms with van der Waals surface area (Å²) in [5.74, 6) is 1.44. The quantitative estimate of drug-likeness (QED) is 0.660. The summed E-state index contributed by atoms with van der Waals surface area (Å²) in [7, 11) is 0. The fourth-order valence-corrected chi connectivity index (χ4v) is 5.14. The van der Waals surface area contributed by atoms with Gasteiger partial charge in [0.15, 0.2) is 0 Å². The van der Waals surface area contributed by atoms with Gasteiger partial charge in [0.25, 0.3) is 5.91 Å². The molecule has 3 fully saturated rings. The van der Waals surface area contributed by atoms with Crippen molar-refractivity contribution >= 4 is 11.7 Å². The van der Waals surface area contributed by atoms with Gasteiger partial charge >= 0.3 is 0 Å². The van der Waals surface area contributed by atoms with E-state index in [9.17, 15) is 4.79 Å². The summed E-state index contributed by atoms with van der Waals surface area (Å²) in [6, 6.07) is 10.3. The van der Waals surface area contributed by atoms with Gasteiger partial charge in [0, 0.05) is 31.2 Å². The maximum atomic E-state index is 13.9. The molecular formula is C26H29N5O. The van der Waals surface area contributed by atoms with E-state index >= 15 is 0 Å². The van der Waals surface area contributed by atoms with Gasteiger partial charge in [-0.2, -0.15) is 0 Å². The van der Waals surface area contributed by atoms with Crippen LogP contribution in [0.25, 0.3) is 11.4 Å². The van der Waals surface area contributed by atoms with Crippen molar-refractivity contribution < 1.29 is 4.79 Å². The lowest BCUT2D eigenvalue weighted by molar-refractivity contribution is 0.0282. The Morgan fingerprint density at radius 3 is 2.59 bits per heavy atom. The lowest BCUT2D eigenvalue weighted by Gasteiger charge is -2.50. The molecule has 3 atom stereocenters. The third kappa shape index (κ3) is 3.85. The van der Waals surface area contributed by atoms with Crippen LogP contribution in [-0.2, 0) is 0 Å². The normalized spacial score (nSPS) is 22.1.